The molecule has 0 aromatic carbocycles. The van der Waals surface area contributed by atoms with Gasteiger partial charge in [-0.15, -0.1) is 0 Å². The van der Waals surface area contributed by atoms with E-state index in [9.17, 15) is 14.4 Å². The van der Waals surface area contributed by atoms with Gasteiger partial charge in [-0.05, 0) is 0 Å². The molecule has 0 unspecified atom stereocenters. The van der Waals surface area contributed by atoms with Crippen LogP contribution < -0.4 is 0 Å². The van der Waals surface area contributed by atoms with Gasteiger partial charge >= 0.3 is 18.2 Å². The smallest absolute Gasteiger partial charge is 0.341 e. The molecular formula is C9H10N2O6. The van der Waals surface area contributed by atoms with E-state index in [0.717, 1.165) is 7.11 Å². The molecule has 0 spiro atoms. The Morgan fingerprint density at radius 1 is 1.59 bits per heavy atom. The molecule has 8 heteroatoms. The van der Waals surface area contributed by atoms with Crippen LogP contribution in [0.3, 0.4) is 0 Å². The van der Waals surface area contributed by atoms with E-state index in [1.165, 1.54) is 0 Å². The van der Waals surface area contributed by atoms with Crippen LogP contribution in [0, 0.1) is 0 Å². The summed E-state index contributed by atoms with van der Waals surface area (Å²) in [5, 5.41) is 0. The highest BCUT2D eigenvalue weighted by molar-refractivity contribution is 6.26. The van der Waals surface area contributed by atoms with Crippen LogP contribution in [0.4, 0.5) is 0 Å². The van der Waals surface area contributed by atoms with Crippen molar-refractivity contribution in [1.82, 2.24) is 0 Å². The topological polar surface area (TPSA) is 115 Å². The van der Waals surface area contributed by atoms with Crippen LogP contribution in [0.5, 0.6) is 0 Å². The third-order valence-electron chi connectivity index (χ3n) is 2.22. The van der Waals surface area contributed by atoms with Crippen LogP contribution >= 0.6 is 0 Å². The van der Waals surface area contributed by atoms with Gasteiger partial charge < -0.3 is 19.7 Å². The number of hydrogen-bond acceptors (Lipinski definition) is 6. The number of cyclic esters (lactones) is 1. The third-order valence-corrected chi connectivity index (χ3v) is 2.22. The Bertz CT molecular complexity index is 400. The van der Waals surface area contributed by atoms with Crippen molar-refractivity contribution in [2.75, 3.05) is 13.9 Å². The summed E-state index contributed by atoms with van der Waals surface area (Å²) in [6.07, 6.45) is -0.272. The average molecular weight is 242 g/mol. The monoisotopic (exact) mass is 242 g/mol. The maximum Gasteiger partial charge on any atom is 0.341 e. The summed E-state index contributed by atoms with van der Waals surface area (Å²) in [7, 11) is 1.15. The van der Waals surface area contributed by atoms with Crippen molar-refractivity contribution in [2.45, 2.75) is 18.4 Å². The number of esters is 2. The maximum atomic E-state index is 11.5. The molecule has 0 aromatic rings. The first-order valence-electron chi connectivity index (χ1n) is 4.62. The Morgan fingerprint density at radius 3 is 2.76 bits per heavy atom. The molecule has 1 saturated heterocycles. The highest BCUT2D eigenvalue weighted by atomic mass is 16.7. The van der Waals surface area contributed by atoms with Gasteiger partial charge in [-0.1, -0.05) is 0 Å². The van der Waals surface area contributed by atoms with Gasteiger partial charge in [0.2, 0.25) is 5.78 Å². The number of rotatable bonds is 5. The lowest BCUT2D eigenvalue weighted by Gasteiger charge is -2.19. The van der Waals surface area contributed by atoms with Crippen molar-refractivity contribution in [3.8, 4) is 0 Å². The Morgan fingerprint density at radius 2 is 2.29 bits per heavy atom. The number of Topliss-reactive ketones (excluding diaryl/α,β-unsaturated/α-hetero) is 1. The molecule has 1 aliphatic heterocycles. The van der Waals surface area contributed by atoms with E-state index in [1.54, 1.807) is 0 Å². The van der Waals surface area contributed by atoms with E-state index in [2.05, 4.69) is 14.3 Å². The van der Waals surface area contributed by atoms with Crippen molar-refractivity contribution in [1.29, 1.82) is 0 Å². The zero-order chi connectivity index (χ0) is 12.9. The van der Waals surface area contributed by atoms with Gasteiger partial charge in [-0.25, -0.2) is 4.79 Å². The summed E-state index contributed by atoms with van der Waals surface area (Å²) in [5.74, 6) is -2.20. The summed E-state index contributed by atoms with van der Waals surface area (Å²) >= 11 is 0. The fourth-order valence-corrected chi connectivity index (χ4v) is 1.39. The summed E-state index contributed by atoms with van der Waals surface area (Å²) < 4.78 is 14.0. The summed E-state index contributed by atoms with van der Waals surface area (Å²) in [4.78, 5) is 36.4. The Labute approximate surface area is 96.1 Å². The zero-order valence-electron chi connectivity index (χ0n) is 9.04. The molecule has 1 atom stereocenters. The van der Waals surface area contributed by atoms with Crippen LogP contribution in [0.25, 0.3) is 5.53 Å². The van der Waals surface area contributed by atoms with Gasteiger partial charge in [0.15, 0.2) is 12.4 Å². The van der Waals surface area contributed by atoms with Gasteiger partial charge in [0, 0.05) is 0 Å². The van der Waals surface area contributed by atoms with E-state index in [0.29, 0.717) is 6.21 Å². The molecule has 0 bridgehead atoms. The molecule has 17 heavy (non-hydrogen) atoms. The summed E-state index contributed by atoms with van der Waals surface area (Å²) in [6.45, 7) is -0.334. The first kappa shape index (κ1) is 13.0. The van der Waals surface area contributed by atoms with Crippen molar-refractivity contribution in [2.24, 2.45) is 0 Å². The highest BCUT2D eigenvalue weighted by Crippen LogP contribution is 2.28. The molecule has 0 radical (unpaired) electrons. The third kappa shape index (κ3) is 2.96. The van der Waals surface area contributed by atoms with Crippen LogP contribution in [-0.4, -0.2) is 48.2 Å². The fraction of sp³-hybridized carbons (Fsp3) is 0.556. The summed E-state index contributed by atoms with van der Waals surface area (Å²) in [6, 6.07) is 0. The van der Waals surface area contributed by atoms with Gasteiger partial charge in [0.25, 0.3) is 0 Å². The van der Waals surface area contributed by atoms with Crippen molar-refractivity contribution in [3.05, 3.63) is 5.53 Å². The van der Waals surface area contributed by atoms with Crippen molar-refractivity contribution >= 4 is 23.9 Å². The van der Waals surface area contributed by atoms with E-state index >= 15 is 0 Å². The first-order valence-corrected chi connectivity index (χ1v) is 4.62. The second kappa shape index (κ2) is 5.33. The minimum absolute atomic E-state index is 0.334. The standard InChI is InChI=1S/C9H10N2O6/c1-15-7(13)3-9(2-6(12)4-11-10)8(14)16-5-17-9/h4H,2-3,5H2,1H3/t9-/m1/s1. The lowest BCUT2D eigenvalue weighted by molar-refractivity contribution is -0.155. The van der Waals surface area contributed by atoms with E-state index in [-0.39, 0.29) is 6.79 Å². The molecule has 0 amide bonds. The molecule has 1 heterocycles. The molecule has 0 N–H and O–H groups in total. The van der Waals surface area contributed by atoms with Crippen molar-refractivity contribution < 1.29 is 33.4 Å². The molecule has 0 aromatic heterocycles. The van der Waals surface area contributed by atoms with Crippen LogP contribution in [0.2, 0.25) is 0 Å². The first-order chi connectivity index (χ1) is 8.04. The number of ketones is 1. The van der Waals surface area contributed by atoms with Gasteiger partial charge in [0.1, 0.15) is 0 Å². The molecule has 0 saturated carbocycles. The lowest BCUT2D eigenvalue weighted by Crippen LogP contribution is -2.41. The number of ether oxygens (including phenoxy) is 3. The Balaban J connectivity index is 2.86. The number of methoxy groups -OCH3 is 1. The SMILES string of the molecule is COC(=O)C[C@@]1(CC(=O)C=[N+]=[N-])OCOC1=O. The van der Waals surface area contributed by atoms with Crippen LogP contribution in [0.15, 0.2) is 0 Å². The molecule has 8 nitrogen and oxygen atoms in total. The van der Waals surface area contributed by atoms with E-state index < -0.39 is 36.2 Å². The number of hydrogen-bond donors (Lipinski definition) is 0. The molecule has 1 rings (SSSR count). The zero-order valence-corrected chi connectivity index (χ0v) is 9.04. The second-order valence-electron chi connectivity index (χ2n) is 3.33. The molecule has 1 aliphatic rings. The average Bonchev–Trinajstić information content (AvgIpc) is 2.60. The Kier molecular flexibility index (Phi) is 4.08. The second-order valence-corrected chi connectivity index (χ2v) is 3.33. The van der Waals surface area contributed by atoms with Gasteiger partial charge in [-0.3, -0.25) is 9.59 Å². The largest absolute Gasteiger partial charge is 0.469 e. The minimum Gasteiger partial charge on any atom is -0.469 e. The van der Waals surface area contributed by atoms with E-state index in [4.69, 9.17) is 10.3 Å². The van der Waals surface area contributed by atoms with Gasteiger partial charge in [-0.2, -0.15) is 4.79 Å². The van der Waals surface area contributed by atoms with Crippen LogP contribution in [-0.2, 0) is 28.6 Å². The predicted octanol–water partition coefficient (Wildman–Crippen LogP) is -0.921. The molecule has 0 aliphatic carbocycles. The van der Waals surface area contributed by atoms with Gasteiger partial charge in [0.05, 0.1) is 20.0 Å². The number of carbonyl (C=O) groups is 3. The normalized spacial score (nSPS) is 22.5. The minimum atomic E-state index is -1.69. The summed E-state index contributed by atoms with van der Waals surface area (Å²) in [5.41, 5.74) is 6.50. The molecule has 92 valence electrons. The lowest BCUT2D eigenvalue weighted by atomic mass is 9.93. The molecular weight excluding hydrogens is 232 g/mol. The predicted molar refractivity (Wildman–Crippen MR) is 50.7 cm³/mol. The van der Waals surface area contributed by atoms with Crippen molar-refractivity contribution in [3.63, 3.8) is 0 Å². The van der Waals surface area contributed by atoms with E-state index in [1.807, 2.05) is 0 Å². The number of nitrogens with zero attached hydrogens (tertiary/aromatic N) is 2. The Hall–Kier alpha value is -2.05. The maximum absolute atomic E-state index is 11.5. The molecule has 1 fully saturated rings. The quantitative estimate of drug-likeness (QED) is 0.266. The highest BCUT2D eigenvalue weighted by Gasteiger charge is 2.50. The fourth-order valence-electron chi connectivity index (χ4n) is 1.39. The number of carbonyl (C=O) groups excluding carboxylic acids is 3. The van der Waals surface area contributed by atoms with Crippen LogP contribution in [0.1, 0.15) is 12.8 Å².